The van der Waals surface area contributed by atoms with Crippen molar-refractivity contribution in [1.29, 1.82) is 0 Å². The topological polar surface area (TPSA) is 18.5 Å². The zero-order chi connectivity index (χ0) is 21.9. The van der Waals surface area contributed by atoms with E-state index < -0.39 is 26.1 Å². The van der Waals surface area contributed by atoms with Gasteiger partial charge >= 0.3 is 186 Å². The quantitative estimate of drug-likeness (QED) is 0.306. The zero-order valence-electron chi connectivity index (χ0n) is 19.8. The first-order valence-corrected chi connectivity index (χ1v) is 16.2. The first-order valence-electron chi connectivity index (χ1n) is 10.6. The van der Waals surface area contributed by atoms with Crippen LogP contribution in [0.1, 0.15) is 53.5 Å². The number of benzene rings is 1. The molecule has 0 saturated heterocycles. The molecule has 0 aliphatic heterocycles. The number of rotatable bonds is 8. The summed E-state index contributed by atoms with van der Waals surface area (Å²) >= 11 is -2.05. The molecule has 1 unspecified atom stereocenters. The van der Waals surface area contributed by atoms with Crippen molar-refractivity contribution in [2.24, 2.45) is 5.92 Å². The van der Waals surface area contributed by atoms with Gasteiger partial charge in [0.1, 0.15) is 0 Å². The molecule has 0 saturated carbocycles. The summed E-state index contributed by atoms with van der Waals surface area (Å²) < 4.78 is 16.2. The minimum absolute atomic E-state index is 0.488. The van der Waals surface area contributed by atoms with E-state index in [1.807, 2.05) is 6.08 Å². The standard InChI is InChI=1S/C13H20O2Si.C9H13.C3H6.Ti/c1-5-6-7-11-8-12(14)10-13(9-11)15-16(2,3)4;1-6-5-7(2)9(4)8(6)3;1-3-2;/h5,8-10,14H,1,6-7H2,2-4H3;6H,1-4H3;1-2H3;/q;;;+1/p-1. The third-order valence-electron chi connectivity index (χ3n) is 5.56. The van der Waals surface area contributed by atoms with Gasteiger partial charge in [-0.15, -0.1) is 0 Å². The average molecular weight is 447 g/mol. The van der Waals surface area contributed by atoms with Crippen LogP contribution in [0.25, 0.3) is 0 Å². The van der Waals surface area contributed by atoms with Crippen LogP contribution >= 0.6 is 0 Å². The Kier molecular flexibility index (Phi) is 8.12. The van der Waals surface area contributed by atoms with E-state index in [2.05, 4.69) is 86.0 Å². The molecule has 0 heterocycles. The van der Waals surface area contributed by atoms with Crippen LogP contribution in [0.4, 0.5) is 0 Å². The van der Waals surface area contributed by atoms with Gasteiger partial charge in [0.25, 0.3) is 0 Å². The molecule has 4 heteroatoms. The number of aryl methyl sites for hydroxylation is 1. The van der Waals surface area contributed by atoms with Crippen LogP contribution in [0.5, 0.6) is 11.5 Å². The Bertz CT molecular complexity index is 881. The van der Waals surface area contributed by atoms with E-state index in [1.165, 1.54) is 26.1 Å². The molecule has 0 amide bonds. The third-order valence-corrected chi connectivity index (χ3v) is 10.5. The van der Waals surface area contributed by atoms with Crippen LogP contribution < -0.4 is 7.74 Å². The first kappa shape index (κ1) is 24.1. The molecule has 2 nitrogen and oxygen atoms in total. The molecule has 1 aromatic rings. The number of hydrogen-bond acceptors (Lipinski definition) is 2. The van der Waals surface area contributed by atoms with Crippen LogP contribution in [-0.2, 0) is 24.2 Å². The van der Waals surface area contributed by atoms with Crippen LogP contribution in [0.3, 0.4) is 0 Å². The van der Waals surface area contributed by atoms with Gasteiger partial charge in [-0.2, -0.15) is 0 Å². The molecule has 0 radical (unpaired) electrons. The summed E-state index contributed by atoms with van der Waals surface area (Å²) in [6.07, 6.45) is 3.90. The first-order chi connectivity index (χ1) is 13.4. The Morgan fingerprint density at radius 3 is 2.17 bits per heavy atom. The second-order valence-corrected chi connectivity index (χ2v) is 17.5. The van der Waals surface area contributed by atoms with Crippen molar-refractivity contribution < 1.29 is 25.5 Å². The van der Waals surface area contributed by atoms with Gasteiger partial charge < -0.3 is 0 Å². The van der Waals surface area contributed by atoms with Gasteiger partial charge in [-0.1, -0.05) is 0 Å². The van der Waals surface area contributed by atoms with Crippen LogP contribution in [0.15, 0.2) is 51.5 Å². The molecule has 0 bridgehead atoms. The summed E-state index contributed by atoms with van der Waals surface area (Å²) in [5, 5.41) is 0. The van der Waals surface area contributed by atoms with E-state index in [-0.39, 0.29) is 0 Å². The maximum atomic E-state index is 6.83. The van der Waals surface area contributed by atoms with E-state index in [1.54, 1.807) is 3.88 Å². The van der Waals surface area contributed by atoms with Gasteiger partial charge in [0.2, 0.25) is 0 Å². The maximum absolute atomic E-state index is 6.83. The fourth-order valence-electron chi connectivity index (χ4n) is 3.79. The molecular weight excluding hydrogens is 408 g/mol. The summed E-state index contributed by atoms with van der Waals surface area (Å²) in [5.41, 5.74) is 5.66. The fourth-order valence-corrected chi connectivity index (χ4v) is 8.28. The molecule has 2 rings (SSSR count). The van der Waals surface area contributed by atoms with E-state index >= 15 is 0 Å². The van der Waals surface area contributed by atoms with Crippen molar-refractivity contribution in [3.8, 4) is 11.5 Å². The molecule has 0 spiro atoms. The third kappa shape index (κ3) is 6.16. The van der Waals surface area contributed by atoms with Crippen molar-refractivity contribution >= 4 is 12.1 Å². The van der Waals surface area contributed by atoms with Gasteiger partial charge in [0.05, 0.1) is 0 Å². The second-order valence-electron chi connectivity index (χ2n) is 9.35. The molecule has 1 aromatic carbocycles. The molecule has 0 N–H and O–H groups in total. The van der Waals surface area contributed by atoms with Crippen molar-refractivity contribution in [1.82, 2.24) is 0 Å². The predicted molar refractivity (Wildman–Crippen MR) is 126 cm³/mol. The summed E-state index contributed by atoms with van der Waals surface area (Å²) in [6.45, 7) is 24.2. The average Bonchev–Trinajstić information content (AvgIpc) is 2.79. The molecule has 1 aliphatic carbocycles. The Morgan fingerprint density at radius 2 is 1.69 bits per heavy atom. The zero-order valence-corrected chi connectivity index (χ0v) is 22.4. The van der Waals surface area contributed by atoms with E-state index in [0.29, 0.717) is 5.92 Å². The SMILES string of the molecule is C=CCCc1cc([O][Ti]([C]2=C(C)C(C)=C(C)C2C)=[C](C)C)cc(O[Si](C)(C)C)c1. The minimum atomic E-state index is -2.05. The molecule has 29 heavy (non-hydrogen) atoms. The van der Waals surface area contributed by atoms with E-state index in [4.69, 9.17) is 7.74 Å². The van der Waals surface area contributed by atoms with Crippen molar-refractivity contribution in [3.05, 3.63) is 57.0 Å². The Balaban J connectivity index is 2.46. The van der Waals surface area contributed by atoms with Crippen LogP contribution in [0.2, 0.25) is 19.6 Å². The molecular formula is C25H38O2SiTi. The molecule has 1 aliphatic rings. The fraction of sp³-hybridized carbons (Fsp3) is 0.480. The normalized spacial score (nSPS) is 16.9. The molecule has 158 valence electrons. The molecule has 0 aromatic heterocycles. The Hall–Kier alpha value is -1.16. The monoisotopic (exact) mass is 446 g/mol. The van der Waals surface area contributed by atoms with Crippen LogP contribution in [0, 0.1) is 5.92 Å². The van der Waals surface area contributed by atoms with Gasteiger partial charge in [-0.05, 0) is 0 Å². The summed E-state index contributed by atoms with van der Waals surface area (Å²) in [5.74, 6) is 2.40. The summed E-state index contributed by atoms with van der Waals surface area (Å²) in [6, 6.07) is 6.49. The van der Waals surface area contributed by atoms with Crippen molar-refractivity contribution in [3.63, 3.8) is 0 Å². The second kappa shape index (κ2) is 9.77. The Morgan fingerprint density at radius 1 is 1.07 bits per heavy atom. The van der Waals surface area contributed by atoms with Gasteiger partial charge in [-0.25, -0.2) is 0 Å². The number of allylic oxidation sites excluding steroid dienone is 5. The molecule has 1 atom stereocenters. The van der Waals surface area contributed by atoms with Gasteiger partial charge in [0, 0.05) is 0 Å². The Labute approximate surface area is 185 Å². The predicted octanol–water partition coefficient (Wildman–Crippen LogP) is 7.40. The number of hydrogen-bond donors (Lipinski definition) is 0. The van der Waals surface area contributed by atoms with E-state index in [9.17, 15) is 0 Å². The van der Waals surface area contributed by atoms with Crippen molar-refractivity contribution in [2.75, 3.05) is 0 Å². The van der Waals surface area contributed by atoms with Gasteiger partial charge in [0.15, 0.2) is 0 Å². The van der Waals surface area contributed by atoms with Crippen molar-refractivity contribution in [2.45, 2.75) is 74.0 Å². The summed E-state index contributed by atoms with van der Waals surface area (Å²) in [7, 11) is -1.69. The van der Waals surface area contributed by atoms with E-state index in [0.717, 1.165) is 24.3 Å². The summed E-state index contributed by atoms with van der Waals surface area (Å²) in [4.78, 5) is 0. The van der Waals surface area contributed by atoms with Gasteiger partial charge in [-0.3, -0.25) is 0 Å². The molecule has 0 fully saturated rings. The van der Waals surface area contributed by atoms with Crippen LogP contribution in [-0.4, -0.2) is 12.1 Å².